The highest BCUT2D eigenvalue weighted by Crippen LogP contribution is 2.32. The van der Waals surface area contributed by atoms with Crippen LogP contribution >= 0.6 is 11.3 Å². The lowest BCUT2D eigenvalue weighted by molar-refractivity contribution is -0.116. The number of nitrogens with zero attached hydrogens (tertiary/aromatic N) is 4. The van der Waals surface area contributed by atoms with Crippen LogP contribution in [0.5, 0.6) is 0 Å². The number of amides is 1. The van der Waals surface area contributed by atoms with Gasteiger partial charge in [-0.1, -0.05) is 6.92 Å². The van der Waals surface area contributed by atoms with Crippen molar-refractivity contribution in [1.29, 1.82) is 5.26 Å². The molecule has 0 aliphatic heterocycles. The standard InChI is InChI=1S/C19H25N5OS/c1-12-5-7-16-17(11-12)26-19(21-16)22-18(25)8-6-15-13(2)23-24(14(15)3)10-4-9-20/h12H,4-8,10-11H2,1-3H3,(H,21,22,25)/t12-/m1/s1. The van der Waals surface area contributed by atoms with Gasteiger partial charge in [-0.2, -0.15) is 10.4 Å². The summed E-state index contributed by atoms with van der Waals surface area (Å²) in [5, 5.41) is 16.9. The van der Waals surface area contributed by atoms with E-state index in [1.54, 1.807) is 11.3 Å². The molecular formula is C19H25N5OS. The van der Waals surface area contributed by atoms with Crippen molar-refractivity contribution in [3.63, 3.8) is 0 Å². The maximum absolute atomic E-state index is 12.3. The number of hydrogen-bond donors (Lipinski definition) is 1. The first kappa shape index (κ1) is 18.6. The molecule has 0 radical (unpaired) electrons. The number of carbonyl (C=O) groups is 1. The van der Waals surface area contributed by atoms with Gasteiger partial charge in [0.05, 0.1) is 30.4 Å². The van der Waals surface area contributed by atoms with Gasteiger partial charge in [-0.05, 0) is 51.0 Å². The van der Waals surface area contributed by atoms with Crippen LogP contribution in [0, 0.1) is 31.1 Å². The van der Waals surface area contributed by atoms with Gasteiger partial charge in [0.15, 0.2) is 5.13 Å². The van der Waals surface area contributed by atoms with E-state index in [1.807, 2.05) is 18.5 Å². The van der Waals surface area contributed by atoms with E-state index in [1.165, 1.54) is 11.3 Å². The highest BCUT2D eigenvalue weighted by atomic mass is 32.1. The summed E-state index contributed by atoms with van der Waals surface area (Å²) in [6.45, 7) is 6.82. The number of nitriles is 1. The van der Waals surface area contributed by atoms with E-state index in [-0.39, 0.29) is 5.91 Å². The van der Waals surface area contributed by atoms with Crippen molar-refractivity contribution >= 4 is 22.4 Å². The monoisotopic (exact) mass is 371 g/mol. The number of fused-ring (bicyclic) bond motifs is 1. The minimum Gasteiger partial charge on any atom is -0.302 e. The third-order valence-electron chi connectivity index (χ3n) is 5.00. The molecule has 0 bridgehead atoms. The molecule has 6 nitrogen and oxygen atoms in total. The first-order valence-corrected chi connectivity index (χ1v) is 9.97. The number of nitrogens with one attached hydrogen (secondary N) is 1. The Bertz CT molecular complexity index is 845. The maximum Gasteiger partial charge on any atom is 0.226 e. The van der Waals surface area contributed by atoms with E-state index in [4.69, 9.17) is 5.26 Å². The van der Waals surface area contributed by atoms with Crippen molar-refractivity contribution in [2.24, 2.45) is 5.92 Å². The van der Waals surface area contributed by atoms with Crippen LogP contribution in [0.2, 0.25) is 0 Å². The summed E-state index contributed by atoms with van der Waals surface area (Å²) in [5.41, 5.74) is 4.25. The van der Waals surface area contributed by atoms with E-state index in [9.17, 15) is 4.79 Å². The summed E-state index contributed by atoms with van der Waals surface area (Å²) in [4.78, 5) is 18.3. The number of thiazole rings is 1. The first-order chi connectivity index (χ1) is 12.5. The summed E-state index contributed by atoms with van der Waals surface area (Å²) >= 11 is 1.62. The second-order valence-corrected chi connectivity index (χ2v) is 8.15. The zero-order valence-corrected chi connectivity index (χ0v) is 16.4. The normalized spacial score (nSPS) is 16.2. The Labute approximate surface area is 158 Å². The van der Waals surface area contributed by atoms with Crippen LogP contribution in [0.3, 0.4) is 0 Å². The Kier molecular flexibility index (Phi) is 5.72. The largest absolute Gasteiger partial charge is 0.302 e. The zero-order chi connectivity index (χ0) is 18.7. The van der Waals surface area contributed by atoms with E-state index in [0.717, 1.165) is 40.6 Å². The molecule has 1 aliphatic carbocycles. The predicted molar refractivity (Wildman–Crippen MR) is 102 cm³/mol. The van der Waals surface area contributed by atoms with Crippen molar-refractivity contribution in [2.45, 2.75) is 65.8 Å². The van der Waals surface area contributed by atoms with Gasteiger partial charge < -0.3 is 5.32 Å². The molecule has 0 spiro atoms. The van der Waals surface area contributed by atoms with Crippen LogP contribution in [0.15, 0.2) is 0 Å². The van der Waals surface area contributed by atoms with Crippen LogP contribution < -0.4 is 5.32 Å². The molecule has 1 N–H and O–H groups in total. The SMILES string of the molecule is Cc1nn(CCC#N)c(C)c1CCC(=O)Nc1nc2c(s1)C[C@H](C)CC2. The van der Waals surface area contributed by atoms with Crippen molar-refractivity contribution in [1.82, 2.24) is 14.8 Å². The Morgan fingerprint density at radius 1 is 1.46 bits per heavy atom. The summed E-state index contributed by atoms with van der Waals surface area (Å²) in [7, 11) is 0. The van der Waals surface area contributed by atoms with Crippen molar-refractivity contribution in [3.8, 4) is 6.07 Å². The molecule has 7 heteroatoms. The third-order valence-corrected chi connectivity index (χ3v) is 6.04. The van der Waals surface area contributed by atoms with E-state index in [0.29, 0.717) is 31.7 Å². The van der Waals surface area contributed by atoms with Gasteiger partial charge in [0.2, 0.25) is 5.91 Å². The number of rotatable bonds is 6. The minimum atomic E-state index is -0.00674. The minimum absolute atomic E-state index is 0.00674. The number of carbonyl (C=O) groups excluding carboxylic acids is 1. The number of anilines is 1. The molecule has 2 aromatic rings. The highest BCUT2D eigenvalue weighted by molar-refractivity contribution is 7.15. The van der Waals surface area contributed by atoms with Gasteiger partial charge >= 0.3 is 0 Å². The molecule has 2 aromatic heterocycles. The van der Waals surface area contributed by atoms with Crippen LogP contribution in [0.25, 0.3) is 0 Å². The molecule has 1 atom stereocenters. The van der Waals surface area contributed by atoms with Gasteiger partial charge in [-0.25, -0.2) is 4.98 Å². The Morgan fingerprint density at radius 2 is 2.27 bits per heavy atom. The first-order valence-electron chi connectivity index (χ1n) is 9.16. The lowest BCUT2D eigenvalue weighted by Gasteiger charge is -2.15. The average molecular weight is 372 g/mol. The molecule has 0 saturated heterocycles. The topological polar surface area (TPSA) is 83.6 Å². The molecule has 1 amide bonds. The molecule has 2 heterocycles. The Balaban J connectivity index is 1.58. The molecule has 0 aromatic carbocycles. The fourth-order valence-corrected chi connectivity index (χ4v) is 4.67. The second kappa shape index (κ2) is 8.00. The molecule has 0 unspecified atom stereocenters. The van der Waals surface area contributed by atoms with Crippen molar-refractivity contribution in [2.75, 3.05) is 5.32 Å². The number of aromatic nitrogens is 3. The predicted octanol–water partition coefficient (Wildman–Crippen LogP) is 3.57. The number of aryl methyl sites for hydroxylation is 3. The van der Waals surface area contributed by atoms with Crippen LogP contribution in [0.4, 0.5) is 5.13 Å². The molecule has 0 saturated carbocycles. The summed E-state index contributed by atoms with van der Waals surface area (Å²) in [5.74, 6) is 0.697. The summed E-state index contributed by atoms with van der Waals surface area (Å²) in [6, 6.07) is 2.14. The molecular weight excluding hydrogens is 346 g/mol. The smallest absolute Gasteiger partial charge is 0.226 e. The van der Waals surface area contributed by atoms with Gasteiger partial charge in [0, 0.05) is 17.0 Å². The van der Waals surface area contributed by atoms with Crippen LogP contribution in [-0.4, -0.2) is 20.7 Å². The number of hydrogen-bond acceptors (Lipinski definition) is 5. The second-order valence-electron chi connectivity index (χ2n) is 7.07. The van der Waals surface area contributed by atoms with E-state index >= 15 is 0 Å². The molecule has 0 fully saturated rings. The van der Waals surface area contributed by atoms with Crippen LogP contribution in [-0.2, 0) is 30.6 Å². The zero-order valence-electron chi connectivity index (χ0n) is 15.6. The maximum atomic E-state index is 12.3. The molecule has 1 aliphatic rings. The van der Waals surface area contributed by atoms with Crippen molar-refractivity contribution in [3.05, 3.63) is 27.5 Å². The van der Waals surface area contributed by atoms with Gasteiger partial charge in [-0.15, -0.1) is 11.3 Å². The molecule has 3 rings (SSSR count). The molecule has 138 valence electrons. The van der Waals surface area contributed by atoms with Crippen molar-refractivity contribution < 1.29 is 4.79 Å². The average Bonchev–Trinajstić information content (AvgIpc) is 3.11. The van der Waals surface area contributed by atoms with E-state index < -0.39 is 0 Å². The van der Waals surface area contributed by atoms with Gasteiger partial charge in [-0.3, -0.25) is 9.48 Å². The van der Waals surface area contributed by atoms with Crippen LogP contribution in [0.1, 0.15) is 53.7 Å². The summed E-state index contributed by atoms with van der Waals surface area (Å²) in [6.07, 6.45) is 4.77. The van der Waals surface area contributed by atoms with Gasteiger partial charge in [0.1, 0.15) is 0 Å². The quantitative estimate of drug-likeness (QED) is 0.841. The Morgan fingerprint density at radius 3 is 3.04 bits per heavy atom. The lowest BCUT2D eigenvalue weighted by Crippen LogP contribution is -2.13. The van der Waals surface area contributed by atoms with E-state index in [2.05, 4.69) is 28.4 Å². The third kappa shape index (κ3) is 4.13. The van der Waals surface area contributed by atoms with Gasteiger partial charge in [0.25, 0.3) is 0 Å². The fourth-order valence-electron chi connectivity index (χ4n) is 3.48. The Hall–Kier alpha value is -2.20. The lowest BCUT2D eigenvalue weighted by atomic mass is 9.93. The molecule has 26 heavy (non-hydrogen) atoms. The summed E-state index contributed by atoms with van der Waals surface area (Å²) < 4.78 is 1.86. The highest BCUT2D eigenvalue weighted by Gasteiger charge is 2.20. The fraction of sp³-hybridized carbons (Fsp3) is 0.579.